The summed E-state index contributed by atoms with van der Waals surface area (Å²) in [6, 6.07) is 8.63. The highest BCUT2D eigenvalue weighted by atomic mass is 16.5. The van der Waals surface area contributed by atoms with Gasteiger partial charge in [0.2, 0.25) is 5.75 Å². The van der Waals surface area contributed by atoms with Crippen molar-refractivity contribution < 1.29 is 28.5 Å². The first-order chi connectivity index (χ1) is 12.6. The lowest BCUT2D eigenvalue weighted by Crippen LogP contribution is -2.00. The van der Waals surface area contributed by atoms with Gasteiger partial charge < -0.3 is 23.7 Å². The van der Waals surface area contributed by atoms with Crippen LogP contribution in [0.3, 0.4) is 0 Å². The van der Waals surface area contributed by atoms with Crippen molar-refractivity contribution in [3.8, 4) is 28.7 Å². The fourth-order valence-electron chi connectivity index (χ4n) is 2.45. The van der Waals surface area contributed by atoms with Gasteiger partial charge in [0.15, 0.2) is 28.8 Å². The second-order valence-corrected chi connectivity index (χ2v) is 5.23. The maximum atomic E-state index is 12.5. The van der Waals surface area contributed by atoms with Gasteiger partial charge in [0, 0.05) is 5.56 Å². The SMILES string of the molecule is COc1ccc(/C=C/C(=O)c2cc(OC)c(OC)c(OC)c2)cc1OC. The summed E-state index contributed by atoms with van der Waals surface area (Å²) in [4.78, 5) is 12.5. The minimum absolute atomic E-state index is 0.195. The first-order valence-electron chi connectivity index (χ1n) is 7.82. The van der Waals surface area contributed by atoms with E-state index in [0.29, 0.717) is 34.3 Å². The lowest BCUT2D eigenvalue weighted by molar-refractivity contribution is 0.104. The van der Waals surface area contributed by atoms with E-state index in [2.05, 4.69) is 0 Å². The lowest BCUT2D eigenvalue weighted by Gasteiger charge is -2.13. The third-order valence-corrected chi connectivity index (χ3v) is 3.78. The summed E-state index contributed by atoms with van der Waals surface area (Å²) in [6.45, 7) is 0. The van der Waals surface area contributed by atoms with Gasteiger partial charge in [-0.05, 0) is 35.9 Å². The molecule has 0 aliphatic heterocycles. The monoisotopic (exact) mass is 358 g/mol. The van der Waals surface area contributed by atoms with Gasteiger partial charge in [-0.3, -0.25) is 4.79 Å². The van der Waals surface area contributed by atoms with Crippen molar-refractivity contribution >= 4 is 11.9 Å². The van der Waals surface area contributed by atoms with Crippen LogP contribution in [0.1, 0.15) is 15.9 Å². The van der Waals surface area contributed by atoms with Crippen molar-refractivity contribution in [2.75, 3.05) is 35.5 Å². The Bertz CT molecular complexity index is 785. The Morgan fingerprint density at radius 1 is 0.731 bits per heavy atom. The molecule has 26 heavy (non-hydrogen) atoms. The minimum atomic E-state index is -0.195. The Hall–Kier alpha value is -3.15. The van der Waals surface area contributed by atoms with Gasteiger partial charge in [0.05, 0.1) is 35.5 Å². The molecule has 0 fully saturated rings. The molecule has 6 heteroatoms. The first-order valence-corrected chi connectivity index (χ1v) is 7.82. The third kappa shape index (κ3) is 4.08. The average molecular weight is 358 g/mol. The topological polar surface area (TPSA) is 63.2 Å². The van der Waals surface area contributed by atoms with Gasteiger partial charge in [-0.1, -0.05) is 12.1 Å². The summed E-state index contributed by atoms with van der Waals surface area (Å²) >= 11 is 0. The molecule has 0 radical (unpaired) electrons. The molecule has 0 aromatic heterocycles. The van der Waals surface area contributed by atoms with Gasteiger partial charge in [-0.2, -0.15) is 0 Å². The largest absolute Gasteiger partial charge is 0.493 e. The minimum Gasteiger partial charge on any atom is -0.493 e. The van der Waals surface area contributed by atoms with Crippen molar-refractivity contribution in [1.29, 1.82) is 0 Å². The van der Waals surface area contributed by atoms with Crippen molar-refractivity contribution in [3.05, 3.63) is 47.5 Å². The Morgan fingerprint density at radius 3 is 1.81 bits per heavy atom. The molecule has 0 saturated heterocycles. The zero-order valence-corrected chi connectivity index (χ0v) is 15.5. The van der Waals surface area contributed by atoms with E-state index in [-0.39, 0.29) is 5.78 Å². The van der Waals surface area contributed by atoms with Crippen molar-refractivity contribution in [2.45, 2.75) is 0 Å². The molecular formula is C20H22O6. The van der Waals surface area contributed by atoms with Crippen LogP contribution in [0.25, 0.3) is 6.08 Å². The highest BCUT2D eigenvalue weighted by molar-refractivity contribution is 6.07. The molecule has 0 heterocycles. The molecule has 0 unspecified atom stereocenters. The molecular weight excluding hydrogens is 336 g/mol. The Kier molecular flexibility index (Phi) is 6.49. The van der Waals surface area contributed by atoms with Crippen LogP contribution >= 0.6 is 0 Å². The number of carbonyl (C=O) groups excluding carboxylic acids is 1. The number of hydrogen-bond acceptors (Lipinski definition) is 6. The van der Waals surface area contributed by atoms with Crippen molar-refractivity contribution in [1.82, 2.24) is 0 Å². The predicted molar refractivity (Wildman–Crippen MR) is 99.0 cm³/mol. The normalized spacial score (nSPS) is 10.5. The van der Waals surface area contributed by atoms with Crippen molar-refractivity contribution in [2.24, 2.45) is 0 Å². The van der Waals surface area contributed by atoms with E-state index in [1.54, 1.807) is 44.6 Å². The van der Waals surface area contributed by atoms with Crippen LogP contribution < -0.4 is 23.7 Å². The number of ketones is 1. The van der Waals surface area contributed by atoms with Crippen LogP contribution in [0.15, 0.2) is 36.4 Å². The van der Waals surface area contributed by atoms with E-state index in [4.69, 9.17) is 23.7 Å². The summed E-state index contributed by atoms with van der Waals surface area (Å²) in [7, 11) is 7.66. The number of ether oxygens (including phenoxy) is 5. The lowest BCUT2D eigenvalue weighted by atomic mass is 10.1. The number of rotatable bonds is 8. The summed E-state index contributed by atoms with van der Waals surface area (Å²) < 4.78 is 26.3. The highest BCUT2D eigenvalue weighted by Crippen LogP contribution is 2.38. The third-order valence-electron chi connectivity index (χ3n) is 3.78. The zero-order valence-electron chi connectivity index (χ0n) is 15.5. The molecule has 138 valence electrons. The molecule has 6 nitrogen and oxygen atoms in total. The number of benzene rings is 2. The summed E-state index contributed by atoms with van der Waals surface area (Å²) in [5.41, 5.74) is 1.24. The number of methoxy groups -OCH3 is 5. The van der Waals surface area contributed by atoms with E-state index < -0.39 is 0 Å². The molecule has 0 saturated carbocycles. The van der Waals surface area contributed by atoms with E-state index in [1.807, 2.05) is 6.07 Å². The highest BCUT2D eigenvalue weighted by Gasteiger charge is 2.15. The molecule has 2 rings (SSSR count). The fourth-order valence-corrected chi connectivity index (χ4v) is 2.45. The fraction of sp³-hybridized carbons (Fsp3) is 0.250. The second kappa shape index (κ2) is 8.80. The first kappa shape index (κ1) is 19.2. The maximum absolute atomic E-state index is 12.5. The molecule has 0 atom stereocenters. The number of hydrogen-bond donors (Lipinski definition) is 0. The van der Waals surface area contributed by atoms with Crippen LogP contribution in [0.4, 0.5) is 0 Å². The summed E-state index contributed by atoms with van der Waals surface area (Å²) in [5.74, 6) is 2.31. The van der Waals surface area contributed by atoms with E-state index >= 15 is 0 Å². The number of carbonyl (C=O) groups is 1. The number of allylic oxidation sites excluding steroid dienone is 1. The Morgan fingerprint density at radius 2 is 1.31 bits per heavy atom. The van der Waals surface area contributed by atoms with Crippen LogP contribution in [0, 0.1) is 0 Å². The van der Waals surface area contributed by atoms with Gasteiger partial charge in [0.25, 0.3) is 0 Å². The van der Waals surface area contributed by atoms with Gasteiger partial charge >= 0.3 is 0 Å². The van der Waals surface area contributed by atoms with E-state index in [9.17, 15) is 4.79 Å². The summed E-state index contributed by atoms with van der Waals surface area (Å²) in [5, 5.41) is 0. The molecule has 0 spiro atoms. The summed E-state index contributed by atoms with van der Waals surface area (Å²) in [6.07, 6.45) is 3.18. The second-order valence-electron chi connectivity index (χ2n) is 5.23. The van der Waals surface area contributed by atoms with E-state index in [1.165, 1.54) is 27.4 Å². The van der Waals surface area contributed by atoms with Crippen LogP contribution in [-0.2, 0) is 0 Å². The zero-order chi connectivity index (χ0) is 19.1. The molecule has 2 aromatic rings. The van der Waals surface area contributed by atoms with Crippen LogP contribution in [0.5, 0.6) is 28.7 Å². The van der Waals surface area contributed by atoms with Crippen molar-refractivity contribution in [3.63, 3.8) is 0 Å². The molecule has 0 amide bonds. The standard InChI is InChI=1S/C20H22O6/c1-22-16-9-7-13(10-17(16)23-2)6-8-15(21)14-11-18(24-3)20(26-5)19(12-14)25-4/h6-12H,1-5H3/b8-6+. The Labute approximate surface area is 152 Å². The maximum Gasteiger partial charge on any atom is 0.203 e. The molecule has 0 aliphatic rings. The predicted octanol–water partition coefficient (Wildman–Crippen LogP) is 3.63. The van der Waals surface area contributed by atoms with Crippen LogP contribution in [-0.4, -0.2) is 41.3 Å². The molecule has 0 N–H and O–H groups in total. The van der Waals surface area contributed by atoms with Crippen LogP contribution in [0.2, 0.25) is 0 Å². The van der Waals surface area contributed by atoms with Gasteiger partial charge in [-0.25, -0.2) is 0 Å². The molecule has 0 aliphatic carbocycles. The average Bonchev–Trinajstić information content (AvgIpc) is 2.70. The molecule has 2 aromatic carbocycles. The van der Waals surface area contributed by atoms with E-state index in [0.717, 1.165) is 5.56 Å². The van der Waals surface area contributed by atoms with Gasteiger partial charge in [0.1, 0.15) is 0 Å². The van der Waals surface area contributed by atoms with Gasteiger partial charge in [-0.15, -0.1) is 0 Å². The Balaban J connectivity index is 2.31. The molecule has 0 bridgehead atoms. The smallest absolute Gasteiger partial charge is 0.203 e. The quantitative estimate of drug-likeness (QED) is 0.530.